The number of carbonyl (C=O) groups excluding carboxylic acids is 2. The minimum Gasteiger partial charge on any atom is -0.482 e. The van der Waals surface area contributed by atoms with E-state index in [0.717, 1.165) is 6.20 Å². The topological polar surface area (TPSA) is 167 Å². The van der Waals surface area contributed by atoms with Gasteiger partial charge in [-0.2, -0.15) is 10.1 Å². The van der Waals surface area contributed by atoms with Crippen LogP contribution in [0.1, 0.15) is 16.5 Å². The number of nitrogens with zero attached hydrogens (tertiary/aromatic N) is 5. The Hall–Kier alpha value is -3.42. The van der Waals surface area contributed by atoms with E-state index in [1.165, 1.54) is 23.0 Å². The third kappa shape index (κ3) is 6.78. The normalized spacial score (nSPS) is 10.6. The molecule has 0 saturated heterocycles. The molecule has 3 rings (SSSR count). The molecule has 16 heteroatoms. The summed E-state index contributed by atoms with van der Waals surface area (Å²) in [6, 6.07) is 2.79. The second kappa shape index (κ2) is 10.9. The van der Waals surface area contributed by atoms with Crippen LogP contribution in [0.4, 0.5) is 5.69 Å². The predicted molar refractivity (Wildman–Crippen MR) is 115 cm³/mol. The van der Waals surface area contributed by atoms with Crippen molar-refractivity contribution >= 4 is 52.3 Å². The number of hydrogen-bond acceptors (Lipinski definition) is 9. The highest BCUT2D eigenvalue weighted by Gasteiger charge is 2.17. The second-order valence-corrected chi connectivity index (χ2v) is 7.48. The lowest BCUT2D eigenvalue weighted by molar-refractivity contribution is -0.385. The zero-order valence-corrected chi connectivity index (χ0v) is 18.7. The van der Waals surface area contributed by atoms with Crippen LogP contribution in [0.25, 0.3) is 0 Å². The quantitative estimate of drug-likeness (QED) is 0.177. The van der Waals surface area contributed by atoms with Gasteiger partial charge in [0.1, 0.15) is 24.7 Å². The summed E-state index contributed by atoms with van der Waals surface area (Å²) < 4.78 is 11.4. The number of nitrogens with one attached hydrogen (secondary N) is 2. The first-order valence-corrected chi connectivity index (χ1v) is 10.2. The van der Waals surface area contributed by atoms with Crippen LogP contribution in [-0.4, -0.2) is 56.4 Å². The van der Waals surface area contributed by atoms with E-state index in [1.54, 1.807) is 0 Å². The van der Waals surface area contributed by atoms with Crippen molar-refractivity contribution in [3.05, 3.63) is 61.4 Å². The van der Waals surface area contributed by atoms with E-state index in [4.69, 9.17) is 44.1 Å². The van der Waals surface area contributed by atoms with Gasteiger partial charge in [0.2, 0.25) is 0 Å². The summed E-state index contributed by atoms with van der Waals surface area (Å²) in [6.45, 7) is -0.185. The SMILES string of the molecule is O=C(COc1cc(Cl)c(Cl)cc1Cl)NCCNC(=O)c1nc(Cn2cc([N+](=O)[O-])cn2)no1. The van der Waals surface area contributed by atoms with E-state index in [-0.39, 0.29) is 64.5 Å². The van der Waals surface area contributed by atoms with Gasteiger partial charge < -0.3 is 19.9 Å². The maximum absolute atomic E-state index is 12.1. The molecule has 0 atom stereocenters. The van der Waals surface area contributed by atoms with E-state index in [9.17, 15) is 19.7 Å². The number of amides is 2. The molecule has 1 aromatic carbocycles. The average Bonchev–Trinajstić information content (AvgIpc) is 3.43. The number of halogens is 3. The number of carbonyl (C=O) groups is 2. The van der Waals surface area contributed by atoms with E-state index in [0.29, 0.717) is 0 Å². The molecule has 0 spiro atoms. The molecule has 2 aromatic heterocycles. The van der Waals surface area contributed by atoms with Crippen LogP contribution in [0.3, 0.4) is 0 Å². The number of aromatic nitrogens is 4. The molecule has 3 aromatic rings. The molecule has 0 aliphatic rings. The Morgan fingerprint density at radius 2 is 1.88 bits per heavy atom. The molecule has 0 radical (unpaired) electrons. The number of rotatable bonds is 10. The molecule has 0 aliphatic carbocycles. The molecule has 2 amide bonds. The maximum Gasteiger partial charge on any atom is 0.316 e. The highest BCUT2D eigenvalue weighted by molar-refractivity contribution is 6.43. The Morgan fingerprint density at radius 1 is 1.15 bits per heavy atom. The van der Waals surface area contributed by atoms with Gasteiger partial charge in [0.25, 0.3) is 5.91 Å². The van der Waals surface area contributed by atoms with Crippen molar-refractivity contribution in [3.8, 4) is 5.75 Å². The van der Waals surface area contributed by atoms with E-state index in [1.807, 2.05) is 0 Å². The van der Waals surface area contributed by atoms with Gasteiger partial charge in [-0.1, -0.05) is 40.0 Å². The van der Waals surface area contributed by atoms with Gasteiger partial charge in [0, 0.05) is 19.2 Å². The monoisotopic (exact) mass is 517 g/mol. The predicted octanol–water partition coefficient (Wildman–Crippen LogP) is 2.11. The first-order valence-electron chi connectivity index (χ1n) is 9.04. The molecule has 33 heavy (non-hydrogen) atoms. The highest BCUT2D eigenvalue weighted by atomic mass is 35.5. The van der Waals surface area contributed by atoms with Crippen molar-refractivity contribution in [2.45, 2.75) is 6.54 Å². The second-order valence-electron chi connectivity index (χ2n) is 6.26. The fraction of sp³-hybridized carbons (Fsp3) is 0.235. The lowest BCUT2D eigenvalue weighted by Gasteiger charge is -2.10. The summed E-state index contributed by atoms with van der Waals surface area (Å²) in [5, 5.41) is 23.8. The van der Waals surface area contributed by atoms with Gasteiger partial charge in [-0.05, 0) is 6.07 Å². The van der Waals surface area contributed by atoms with Crippen LogP contribution in [0, 0.1) is 10.1 Å². The lowest BCUT2D eigenvalue weighted by atomic mass is 10.3. The molecular weight excluding hydrogens is 505 g/mol. The lowest BCUT2D eigenvalue weighted by Crippen LogP contribution is -2.36. The molecular formula is C17H14Cl3N7O6. The summed E-state index contributed by atoms with van der Waals surface area (Å²) >= 11 is 17.7. The van der Waals surface area contributed by atoms with Crippen molar-refractivity contribution in [1.29, 1.82) is 0 Å². The van der Waals surface area contributed by atoms with Crippen LogP contribution in [-0.2, 0) is 11.3 Å². The first-order chi connectivity index (χ1) is 15.7. The number of nitro groups is 1. The Morgan fingerprint density at radius 3 is 2.61 bits per heavy atom. The Labute approximate surface area is 200 Å². The van der Waals surface area contributed by atoms with E-state index >= 15 is 0 Å². The number of ether oxygens (including phenoxy) is 1. The summed E-state index contributed by atoms with van der Waals surface area (Å²) in [5.41, 5.74) is -0.191. The average molecular weight is 519 g/mol. The highest BCUT2D eigenvalue weighted by Crippen LogP contribution is 2.33. The van der Waals surface area contributed by atoms with Gasteiger partial charge >= 0.3 is 17.5 Å². The Bertz CT molecular complexity index is 1180. The largest absolute Gasteiger partial charge is 0.482 e. The number of benzene rings is 1. The summed E-state index contributed by atoms with van der Waals surface area (Å²) in [6.07, 6.45) is 2.27. The Kier molecular flexibility index (Phi) is 8.03. The molecule has 0 aliphatic heterocycles. The van der Waals surface area contributed by atoms with Gasteiger partial charge in [0.15, 0.2) is 12.4 Å². The van der Waals surface area contributed by atoms with Crippen LogP contribution < -0.4 is 15.4 Å². The third-order valence-electron chi connectivity index (χ3n) is 3.86. The third-order valence-corrected chi connectivity index (χ3v) is 4.88. The Balaban J connectivity index is 1.38. The fourth-order valence-corrected chi connectivity index (χ4v) is 2.94. The molecule has 0 unspecified atom stereocenters. The van der Waals surface area contributed by atoms with Crippen molar-refractivity contribution in [2.24, 2.45) is 0 Å². The smallest absolute Gasteiger partial charge is 0.316 e. The summed E-state index contributed by atoms with van der Waals surface area (Å²) in [5.74, 6) is -1.13. The minimum absolute atomic E-state index is 0.0243. The van der Waals surface area contributed by atoms with E-state index in [2.05, 4.69) is 25.9 Å². The van der Waals surface area contributed by atoms with Gasteiger partial charge in [-0.25, -0.2) is 0 Å². The molecule has 174 valence electrons. The minimum atomic E-state index is -0.659. The fourth-order valence-electron chi connectivity index (χ4n) is 2.35. The maximum atomic E-state index is 12.1. The van der Waals surface area contributed by atoms with Crippen molar-refractivity contribution in [3.63, 3.8) is 0 Å². The molecule has 0 saturated carbocycles. The zero-order valence-electron chi connectivity index (χ0n) is 16.5. The standard InChI is InChI=1S/C17H14Cl3N7O6/c18-10-3-12(20)13(4-11(10)19)32-8-15(28)21-1-2-22-16(29)17-24-14(25-33-17)7-26-6-9(5-23-26)27(30)31/h3-6H,1-2,7-8H2,(H,21,28)(H,22,29). The number of hydrogen-bond donors (Lipinski definition) is 2. The van der Waals surface area contributed by atoms with Crippen molar-refractivity contribution in [2.75, 3.05) is 19.7 Å². The van der Waals surface area contributed by atoms with Crippen LogP contribution in [0.2, 0.25) is 15.1 Å². The molecule has 0 bridgehead atoms. The van der Waals surface area contributed by atoms with Crippen LogP contribution in [0.5, 0.6) is 5.75 Å². The van der Waals surface area contributed by atoms with Crippen LogP contribution >= 0.6 is 34.8 Å². The van der Waals surface area contributed by atoms with Crippen molar-refractivity contribution in [1.82, 2.24) is 30.6 Å². The summed E-state index contributed by atoms with van der Waals surface area (Å²) in [7, 11) is 0. The van der Waals surface area contributed by atoms with Gasteiger partial charge in [-0.3, -0.25) is 24.4 Å². The van der Waals surface area contributed by atoms with Crippen molar-refractivity contribution < 1.29 is 23.8 Å². The zero-order chi connectivity index (χ0) is 24.0. The molecule has 2 heterocycles. The first kappa shape index (κ1) is 24.2. The van der Waals surface area contributed by atoms with E-state index < -0.39 is 16.7 Å². The van der Waals surface area contributed by atoms with Gasteiger partial charge in [0.05, 0.1) is 20.0 Å². The van der Waals surface area contributed by atoms with Gasteiger partial charge in [-0.15, -0.1) is 0 Å². The van der Waals surface area contributed by atoms with Crippen LogP contribution in [0.15, 0.2) is 29.0 Å². The molecule has 0 fully saturated rings. The molecule has 2 N–H and O–H groups in total. The molecule has 13 nitrogen and oxygen atoms in total. The summed E-state index contributed by atoms with van der Waals surface area (Å²) in [4.78, 5) is 37.9.